The molecule has 1 aliphatic rings. The number of fused-ring (bicyclic) bond motifs is 2. The van der Waals surface area contributed by atoms with Crippen molar-refractivity contribution >= 4 is 35.7 Å². The lowest BCUT2D eigenvalue weighted by molar-refractivity contribution is -0.134. The Bertz CT molecular complexity index is 934. The van der Waals surface area contributed by atoms with E-state index >= 15 is 0 Å². The molecule has 0 heterocycles. The second-order valence-corrected chi connectivity index (χ2v) is 7.68. The molecule has 1 aliphatic carbocycles. The van der Waals surface area contributed by atoms with Crippen molar-refractivity contribution in [1.29, 1.82) is 0 Å². The molecule has 0 spiro atoms. The number of aliphatic carboxylic acids is 2. The molecule has 0 fully saturated rings. The number of benzene rings is 2. The molecule has 2 aromatic rings. The molecule has 30 heavy (non-hydrogen) atoms. The fraction of sp³-hybridized carbons (Fsp3) is 0.250. The maximum Gasteiger partial charge on any atom is 0.328 e. The van der Waals surface area contributed by atoms with Crippen LogP contribution in [0.5, 0.6) is 0 Å². The summed E-state index contributed by atoms with van der Waals surface area (Å²) < 4.78 is 0. The van der Waals surface area contributed by atoms with Gasteiger partial charge in [0.15, 0.2) is 0 Å². The average molecular weight is 428 g/mol. The second-order valence-electron chi connectivity index (χ2n) is 7.24. The molecular weight excluding hydrogens is 402 g/mol. The Morgan fingerprint density at radius 1 is 0.967 bits per heavy atom. The van der Waals surface area contributed by atoms with Gasteiger partial charge >= 0.3 is 11.9 Å². The number of halogens is 1. The summed E-state index contributed by atoms with van der Waals surface area (Å²) in [5, 5.41) is 16.4. The summed E-state index contributed by atoms with van der Waals surface area (Å²) in [6.45, 7) is 1.11. The van der Waals surface area contributed by atoms with Crippen LogP contribution in [0, 0.1) is 0 Å². The summed E-state index contributed by atoms with van der Waals surface area (Å²) >= 11 is 6.27. The first kappa shape index (κ1) is 23.4. The van der Waals surface area contributed by atoms with Gasteiger partial charge in [-0.2, -0.15) is 0 Å². The highest BCUT2D eigenvalue weighted by Crippen LogP contribution is 2.38. The molecule has 1 atom stereocenters. The van der Waals surface area contributed by atoms with Gasteiger partial charge < -0.3 is 15.1 Å². The molecule has 0 amide bonds. The van der Waals surface area contributed by atoms with Crippen molar-refractivity contribution in [2.45, 2.75) is 18.8 Å². The lowest BCUT2D eigenvalue weighted by Gasteiger charge is -2.21. The van der Waals surface area contributed by atoms with Gasteiger partial charge in [-0.15, -0.1) is 0 Å². The Morgan fingerprint density at radius 3 is 2.17 bits per heavy atom. The zero-order chi connectivity index (χ0) is 22.1. The molecule has 0 saturated heterocycles. The van der Waals surface area contributed by atoms with Crippen molar-refractivity contribution in [2.75, 3.05) is 20.6 Å². The average Bonchev–Trinajstić information content (AvgIpc) is 2.84. The monoisotopic (exact) mass is 427 g/mol. The fourth-order valence-corrected chi connectivity index (χ4v) is 3.57. The molecule has 0 saturated carbocycles. The Kier molecular flexibility index (Phi) is 8.84. The summed E-state index contributed by atoms with van der Waals surface area (Å²) in [6, 6.07) is 15.0. The molecule has 0 bridgehead atoms. The van der Waals surface area contributed by atoms with Crippen LogP contribution < -0.4 is 0 Å². The third-order valence-corrected chi connectivity index (χ3v) is 4.94. The molecule has 2 N–H and O–H groups in total. The normalized spacial score (nSPS) is 14.5. The third-order valence-electron chi connectivity index (χ3n) is 4.70. The van der Waals surface area contributed by atoms with E-state index in [1.54, 1.807) is 0 Å². The standard InChI is InChI=1S/C20H22ClN.C4H4O4/c1-22(2)13-5-8-19-18-7-4-3-6-15(18)9-10-16-11-12-17(21)14-20(16)19;5-3(6)1-2-4(7)8/h3-4,6-7,9-12,14,19H,5,8,13H2,1-2H3;1-2H,(H,5,6)(H,7,8)/b;2-1-. The van der Waals surface area contributed by atoms with Gasteiger partial charge in [-0.3, -0.25) is 0 Å². The first-order valence-corrected chi connectivity index (χ1v) is 10.0. The van der Waals surface area contributed by atoms with E-state index in [9.17, 15) is 9.59 Å². The van der Waals surface area contributed by atoms with Gasteiger partial charge in [-0.25, -0.2) is 9.59 Å². The van der Waals surface area contributed by atoms with Crippen LogP contribution in [0.1, 0.15) is 41.0 Å². The highest BCUT2D eigenvalue weighted by atomic mass is 35.5. The van der Waals surface area contributed by atoms with Gasteiger partial charge in [0.1, 0.15) is 0 Å². The largest absolute Gasteiger partial charge is 0.478 e. The number of carboxylic acid groups (broad SMARTS) is 2. The van der Waals surface area contributed by atoms with E-state index in [1.807, 2.05) is 6.07 Å². The Balaban J connectivity index is 0.000000343. The zero-order valence-corrected chi connectivity index (χ0v) is 17.8. The van der Waals surface area contributed by atoms with E-state index in [-0.39, 0.29) is 0 Å². The van der Waals surface area contributed by atoms with Crippen LogP contribution in [0.4, 0.5) is 0 Å². The first-order valence-electron chi connectivity index (χ1n) is 9.63. The number of carboxylic acids is 2. The van der Waals surface area contributed by atoms with Crippen molar-refractivity contribution in [3.05, 3.63) is 81.9 Å². The van der Waals surface area contributed by atoms with Gasteiger partial charge in [0.05, 0.1) is 0 Å². The van der Waals surface area contributed by atoms with Crippen LogP contribution in [0.15, 0.2) is 54.6 Å². The van der Waals surface area contributed by atoms with Gasteiger partial charge in [0.25, 0.3) is 0 Å². The van der Waals surface area contributed by atoms with Crippen LogP contribution in [-0.4, -0.2) is 47.7 Å². The van der Waals surface area contributed by atoms with Crippen molar-refractivity contribution in [1.82, 2.24) is 4.90 Å². The summed E-state index contributed by atoms with van der Waals surface area (Å²) in [6.07, 6.45) is 7.89. The lowest BCUT2D eigenvalue weighted by atomic mass is 9.84. The lowest BCUT2D eigenvalue weighted by Crippen LogP contribution is -2.14. The Hall–Kier alpha value is -2.89. The highest BCUT2D eigenvalue weighted by Gasteiger charge is 2.21. The smallest absolute Gasteiger partial charge is 0.328 e. The SMILES string of the molecule is CN(C)CCCC1c2ccccc2C=Cc2ccc(Cl)cc21.O=C(O)/C=C\C(=O)O. The molecule has 1 unspecified atom stereocenters. The number of carbonyl (C=O) groups is 2. The zero-order valence-electron chi connectivity index (χ0n) is 17.1. The third kappa shape index (κ3) is 7.17. The van der Waals surface area contributed by atoms with E-state index in [1.165, 1.54) is 28.7 Å². The topological polar surface area (TPSA) is 77.8 Å². The van der Waals surface area contributed by atoms with Crippen molar-refractivity contribution in [3.8, 4) is 0 Å². The first-order chi connectivity index (χ1) is 14.3. The minimum atomic E-state index is -1.26. The Morgan fingerprint density at radius 2 is 1.57 bits per heavy atom. The molecule has 5 nitrogen and oxygen atoms in total. The minimum Gasteiger partial charge on any atom is -0.478 e. The predicted octanol–water partition coefficient (Wildman–Crippen LogP) is 5.01. The van der Waals surface area contributed by atoms with E-state index in [2.05, 4.69) is 67.5 Å². The quantitative estimate of drug-likeness (QED) is 0.633. The molecule has 0 radical (unpaired) electrons. The number of nitrogens with zero attached hydrogens (tertiary/aromatic N) is 1. The number of hydrogen-bond acceptors (Lipinski definition) is 3. The predicted molar refractivity (Wildman–Crippen MR) is 121 cm³/mol. The number of hydrogen-bond donors (Lipinski definition) is 2. The van der Waals surface area contributed by atoms with Crippen LogP contribution in [-0.2, 0) is 9.59 Å². The van der Waals surface area contributed by atoms with E-state index in [4.69, 9.17) is 21.8 Å². The molecular formula is C24H26ClNO4. The molecule has 2 aromatic carbocycles. The van der Waals surface area contributed by atoms with E-state index in [0.29, 0.717) is 18.1 Å². The van der Waals surface area contributed by atoms with Gasteiger partial charge in [-0.1, -0.05) is 54.1 Å². The van der Waals surface area contributed by atoms with Crippen LogP contribution in [0.25, 0.3) is 12.2 Å². The van der Waals surface area contributed by atoms with Crippen molar-refractivity contribution in [2.24, 2.45) is 0 Å². The fourth-order valence-electron chi connectivity index (χ4n) is 3.39. The minimum absolute atomic E-state index is 0.417. The van der Waals surface area contributed by atoms with Crippen LogP contribution in [0.3, 0.4) is 0 Å². The van der Waals surface area contributed by atoms with Crippen molar-refractivity contribution in [3.63, 3.8) is 0 Å². The highest BCUT2D eigenvalue weighted by molar-refractivity contribution is 6.30. The summed E-state index contributed by atoms with van der Waals surface area (Å²) in [7, 11) is 4.26. The van der Waals surface area contributed by atoms with Gasteiger partial charge in [-0.05, 0) is 67.9 Å². The van der Waals surface area contributed by atoms with Crippen molar-refractivity contribution < 1.29 is 19.8 Å². The summed E-state index contributed by atoms with van der Waals surface area (Å²) in [4.78, 5) is 21.4. The van der Waals surface area contributed by atoms with E-state index in [0.717, 1.165) is 18.0 Å². The molecule has 0 aliphatic heterocycles. The molecule has 3 rings (SSSR count). The van der Waals surface area contributed by atoms with Crippen LogP contribution >= 0.6 is 11.6 Å². The molecule has 158 valence electrons. The maximum absolute atomic E-state index is 9.55. The second kappa shape index (κ2) is 11.3. The summed E-state index contributed by atoms with van der Waals surface area (Å²) in [5.74, 6) is -2.10. The molecule has 0 aromatic heterocycles. The summed E-state index contributed by atoms with van der Waals surface area (Å²) in [5.41, 5.74) is 5.38. The maximum atomic E-state index is 9.55. The Labute approximate surface area is 181 Å². The number of rotatable bonds is 6. The van der Waals surface area contributed by atoms with Crippen LogP contribution in [0.2, 0.25) is 5.02 Å². The van der Waals surface area contributed by atoms with Gasteiger partial charge in [0, 0.05) is 23.1 Å². The van der Waals surface area contributed by atoms with Gasteiger partial charge in [0.2, 0.25) is 0 Å². The molecule has 6 heteroatoms. The van der Waals surface area contributed by atoms with E-state index < -0.39 is 11.9 Å².